The lowest BCUT2D eigenvalue weighted by Crippen LogP contribution is -2.15. The molecule has 0 fully saturated rings. The van der Waals surface area contributed by atoms with Crippen molar-refractivity contribution in [1.82, 2.24) is 0 Å². The first-order valence-corrected chi connectivity index (χ1v) is 8.96. The Bertz CT molecular complexity index is 966. The summed E-state index contributed by atoms with van der Waals surface area (Å²) in [7, 11) is 0. The average molecular weight is 399 g/mol. The zero-order valence-corrected chi connectivity index (χ0v) is 16.2. The molecule has 0 aliphatic heterocycles. The first-order valence-electron chi connectivity index (χ1n) is 8.58. The molecule has 0 aliphatic rings. The number of nitriles is 1. The summed E-state index contributed by atoms with van der Waals surface area (Å²) in [5, 5.41) is 25.8. The third-order valence-electron chi connectivity index (χ3n) is 4.25. The SMILES string of the molecule is CCC(C)c1ccccc1N/C=C(/C#N)C(=O)Nc1cc([N+](=O)[O-])ccc1Cl. The molecule has 0 saturated carbocycles. The molecule has 2 aromatic rings. The quantitative estimate of drug-likeness (QED) is 0.287. The summed E-state index contributed by atoms with van der Waals surface area (Å²) in [4.78, 5) is 22.7. The van der Waals surface area contributed by atoms with E-state index in [0.717, 1.165) is 23.7 Å². The molecule has 0 bridgehead atoms. The summed E-state index contributed by atoms with van der Waals surface area (Å²) in [6, 6.07) is 13.1. The average Bonchev–Trinajstić information content (AvgIpc) is 2.69. The molecule has 0 saturated heterocycles. The van der Waals surface area contributed by atoms with Crippen LogP contribution in [0.25, 0.3) is 0 Å². The smallest absolute Gasteiger partial charge is 0.271 e. The van der Waals surface area contributed by atoms with Crippen LogP contribution in [0.4, 0.5) is 17.1 Å². The van der Waals surface area contributed by atoms with E-state index in [2.05, 4.69) is 24.5 Å². The molecule has 1 atom stereocenters. The molecule has 2 aromatic carbocycles. The van der Waals surface area contributed by atoms with Crippen LogP contribution in [-0.4, -0.2) is 10.8 Å². The fourth-order valence-electron chi connectivity index (χ4n) is 2.49. The highest BCUT2D eigenvalue weighted by molar-refractivity contribution is 6.34. The van der Waals surface area contributed by atoms with Crippen LogP contribution in [0, 0.1) is 21.4 Å². The molecule has 0 spiro atoms. The highest BCUT2D eigenvalue weighted by Crippen LogP contribution is 2.28. The summed E-state index contributed by atoms with van der Waals surface area (Å²) in [6.45, 7) is 4.17. The van der Waals surface area contributed by atoms with Crippen molar-refractivity contribution < 1.29 is 9.72 Å². The molecule has 0 radical (unpaired) electrons. The minimum Gasteiger partial charge on any atom is -0.360 e. The molecule has 28 heavy (non-hydrogen) atoms. The number of amides is 1. The summed E-state index contributed by atoms with van der Waals surface area (Å²) in [6.07, 6.45) is 2.25. The number of anilines is 2. The molecular weight excluding hydrogens is 380 g/mol. The van der Waals surface area contributed by atoms with Gasteiger partial charge in [-0.25, -0.2) is 0 Å². The number of carbonyl (C=O) groups excluding carboxylic acids is 1. The Kier molecular flexibility index (Phi) is 7.13. The number of benzene rings is 2. The van der Waals surface area contributed by atoms with Gasteiger partial charge in [0, 0.05) is 24.0 Å². The van der Waals surface area contributed by atoms with Gasteiger partial charge in [0.15, 0.2) is 0 Å². The predicted octanol–water partition coefficient (Wildman–Crippen LogP) is 5.22. The third-order valence-corrected chi connectivity index (χ3v) is 4.58. The number of hydrogen-bond donors (Lipinski definition) is 2. The van der Waals surface area contributed by atoms with Crippen LogP contribution in [-0.2, 0) is 4.79 Å². The first kappa shape index (κ1) is 20.9. The molecule has 7 nitrogen and oxygen atoms in total. The van der Waals surface area contributed by atoms with Gasteiger partial charge in [-0.1, -0.05) is 43.6 Å². The molecule has 1 unspecified atom stereocenters. The van der Waals surface area contributed by atoms with Crippen LogP contribution in [0.5, 0.6) is 0 Å². The molecule has 8 heteroatoms. The maximum Gasteiger partial charge on any atom is 0.271 e. The van der Waals surface area contributed by atoms with Gasteiger partial charge in [0.05, 0.1) is 15.6 Å². The van der Waals surface area contributed by atoms with Crippen molar-refractivity contribution in [3.63, 3.8) is 0 Å². The van der Waals surface area contributed by atoms with E-state index in [9.17, 15) is 20.2 Å². The van der Waals surface area contributed by atoms with E-state index in [4.69, 9.17) is 11.6 Å². The first-order chi connectivity index (χ1) is 13.4. The largest absolute Gasteiger partial charge is 0.360 e. The van der Waals surface area contributed by atoms with Gasteiger partial charge in [-0.15, -0.1) is 0 Å². The second kappa shape index (κ2) is 9.53. The summed E-state index contributed by atoms with van der Waals surface area (Å²) >= 11 is 5.98. The molecule has 0 aromatic heterocycles. The zero-order chi connectivity index (χ0) is 20.7. The van der Waals surface area contributed by atoms with Gasteiger partial charge in [-0.3, -0.25) is 14.9 Å². The summed E-state index contributed by atoms with van der Waals surface area (Å²) in [5.41, 5.74) is 1.51. The van der Waals surface area contributed by atoms with E-state index in [1.165, 1.54) is 18.3 Å². The highest BCUT2D eigenvalue weighted by Gasteiger charge is 2.15. The van der Waals surface area contributed by atoms with Crippen molar-refractivity contribution in [1.29, 1.82) is 5.26 Å². The minimum atomic E-state index is -0.724. The topological polar surface area (TPSA) is 108 Å². The molecular formula is C20H19ClN4O3. The Hall–Kier alpha value is -3.37. The second-order valence-electron chi connectivity index (χ2n) is 6.09. The van der Waals surface area contributed by atoms with E-state index in [-0.39, 0.29) is 22.0 Å². The molecule has 0 aliphatic carbocycles. The van der Waals surface area contributed by atoms with Crippen molar-refractivity contribution in [2.24, 2.45) is 0 Å². The number of halogens is 1. The van der Waals surface area contributed by atoms with Crippen molar-refractivity contribution in [3.05, 3.63) is 74.9 Å². The Balaban J connectivity index is 2.22. The normalized spacial score (nSPS) is 12.0. The van der Waals surface area contributed by atoms with Gasteiger partial charge in [-0.05, 0) is 30.0 Å². The van der Waals surface area contributed by atoms with E-state index in [0.29, 0.717) is 5.92 Å². The molecule has 2 rings (SSSR count). The van der Waals surface area contributed by atoms with Crippen LogP contribution >= 0.6 is 11.6 Å². The van der Waals surface area contributed by atoms with Crippen LogP contribution in [0.15, 0.2) is 54.2 Å². The van der Waals surface area contributed by atoms with Crippen molar-refractivity contribution in [3.8, 4) is 6.07 Å². The minimum absolute atomic E-state index is 0.0574. The highest BCUT2D eigenvalue weighted by atomic mass is 35.5. The van der Waals surface area contributed by atoms with Gasteiger partial charge < -0.3 is 10.6 Å². The Morgan fingerprint density at radius 2 is 2.04 bits per heavy atom. The van der Waals surface area contributed by atoms with Crippen molar-refractivity contribution in [2.75, 3.05) is 10.6 Å². The number of carbonyl (C=O) groups is 1. The Morgan fingerprint density at radius 1 is 1.32 bits per heavy atom. The number of rotatable bonds is 7. The lowest BCUT2D eigenvalue weighted by molar-refractivity contribution is -0.384. The monoisotopic (exact) mass is 398 g/mol. The van der Waals surface area contributed by atoms with Crippen LogP contribution in [0.2, 0.25) is 5.02 Å². The zero-order valence-electron chi connectivity index (χ0n) is 15.4. The van der Waals surface area contributed by atoms with E-state index in [1.54, 1.807) is 0 Å². The van der Waals surface area contributed by atoms with Gasteiger partial charge in [0.2, 0.25) is 0 Å². The third kappa shape index (κ3) is 5.09. The van der Waals surface area contributed by atoms with Crippen molar-refractivity contribution >= 4 is 34.6 Å². The standard InChI is InChI=1S/C20H19ClN4O3/c1-3-13(2)16-6-4-5-7-18(16)23-12-14(11-22)20(26)24-19-10-15(25(27)28)8-9-17(19)21/h4-10,12-13,23H,3H2,1-2H3,(H,24,26)/b14-12-. The molecule has 1 amide bonds. The summed E-state index contributed by atoms with van der Waals surface area (Å²) in [5.74, 6) is -0.418. The van der Waals surface area contributed by atoms with E-state index in [1.807, 2.05) is 30.3 Å². The number of nitrogens with zero attached hydrogens (tertiary/aromatic N) is 2. The van der Waals surface area contributed by atoms with E-state index < -0.39 is 10.8 Å². The second-order valence-corrected chi connectivity index (χ2v) is 6.49. The number of hydrogen-bond acceptors (Lipinski definition) is 5. The maximum absolute atomic E-state index is 12.4. The van der Waals surface area contributed by atoms with Crippen LogP contribution in [0.1, 0.15) is 31.7 Å². The maximum atomic E-state index is 12.4. The molecule has 144 valence electrons. The Labute approximate surface area is 167 Å². The molecule has 0 heterocycles. The molecule has 2 N–H and O–H groups in total. The predicted molar refractivity (Wildman–Crippen MR) is 109 cm³/mol. The lowest BCUT2D eigenvalue weighted by Gasteiger charge is -2.14. The fraction of sp³-hybridized carbons (Fsp3) is 0.200. The van der Waals surface area contributed by atoms with Gasteiger partial charge in [0.25, 0.3) is 11.6 Å². The number of nitro benzene ring substituents is 1. The number of nitro groups is 1. The number of nitrogens with one attached hydrogen (secondary N) is 2. The summed E-state index contributed by atoms with van der Waals surface area (Å²) < 4.78 is 0. The fourth-order valence-corrected chi connectivity index (χ4v) is 2.65. The number of non-ortho nitro benzene ring substituents is 1. The van der Waals surface area contributed by atoms with Gasteiger partial charge in [0.1, 0.15) is 11.6 Å². The van der Waals surface area contributed by atoms with Crippen LogP contribution in [0.3, 0.4) is 0 Å². The Morgan fingerprint density at radius 3 is 2.68 bits per heavy atom. The van der Waals surface area contributed by atoms with Crippen LogP contribution < -0.4 is 10.6 Å². The number of para-hydroxylation sites is 1. The van der Waals surface area contributed by atoms with Gasteiger partial charge >= 0.3 is 0 Å². The van der Waals surface area contributed by atoms with E-state index >= 15 is 0 Å². The van der Waals surface area contributed by atoms with Gasteiger partial charge in [-0.2, -0.15) is 5.26 Å². The van der Waals surface area contributed by atoms with Crippen molar-refractivity contribution in [2.45, 2.75) is 26.2 Å². The lowest BCUT2D eigenvalue weighted by atomic mass is 9.97.